The average molecular weight is 594 g/mol. The number of aromatic nitrogens is 3. The quantitative estimate of drug-likeness (QED) is 0.329. The van der Waals surface area contributed by atoms with Gasteiger partial charge in [0.1, 0.15) is 17.6 Å². The minimum atomic E-state index is -1.12. The van der Waals surface area contributed by atoms with E-state index in [1.807, 2.05) is 6.07 Å². The van der Waals surface area contributed by atoms with Gasteiger partial charge in [-0.1, -0.05) is 0 Å². The van der Waals surface area contributed by atoms with E-state index in [-0.39, 0.29) is 42.5 Å². The molecule has 0 radical (unpaired) electrons. The Morgan fingerprint density at radius 1 is 1.14 bits per heavy atom. The number of anilines is 2. The minimum Gasteiger partial charge on any atom is -0.481 e. The van der Waals surface area contributed by atoms with Crippen molar-refractivity contribution in [3.8, 4) is 11.6 Å². The number of carboxylic acid groups (broad SMARTS) is 1. The van der Waals surface area contributed by atoms with Gasteiger partial charge in [0.2, 0.25) is 5.88 Å². The molecule has 3 aromatic heterocycles. The molecule has 3 atom stereocenters. The van der Waals surface area contributed by atoms with Crippen molar-refractivity contribution in [3.05, 3.63) is 46.8 Å². The van der Waals surface area contributed by atoms with Crippen LogP contribution in [0.5, 0.6) is 11.6 Å². The lowest BCUT2D eigenvalue weighted by molar-refractivity contribution is -0.118. The summed E-state index contributed by atoms with van der Waals surface area (Å²) in [5.41, 5.74) is 0.291. The zero-order valence-corrected chi connectivity index (χ0v) is 23.4. The molecule has 0 unspecified atom stereocenters. The molecule has 43 heavy (non-hydrogen) atoms. The number of pyridine rings is 3. The molecule has 1 saturated carbocycles. The van der Waals surface area contributed by atoms with E-state index in [1.54, 1.807) is 28.8 Å². The zero-order valence-electron chi connectivity index (χ0n) is 23.4. The van der Waals surface area contributed by atoms with Crippen molar-refractivity contribution in [1.82, 2.24) is 24.8 Å². The number of ether oxygens (including phenoxy) is 3. The van der Waals surface area contributed by atoms with Crippen LogP contribution in [0.1, 0.15) is 19.3 Å². The summed E-state index contributed by atoms with van der Waals surface area (Å²) in [5.74, 6) is 1.12. The minimum absolute atomic E-state index is 0.0399. The summed E-state index contributed by atoms with van der Waals surface area (Å²) in [5, 5.41) is 15.0. The standard InChI is InChI=1S/C28H31N7O8/c1-41-23-8-2-16-3-9-24(37)34(26(16)32-23)13-12-33(11-10-29-27(38)39)17-4-5-18-20(14-17)43-28(40)35(18)21-7-6-19-25(30-21)31-22(36)15-42-19/h2-3,6-9,17-18,20,29H,4-5,10-15H2,1H3,(H,38,39)(H,30,31,36)/t17-,18-,20+/m0/s1. The summed E-state index contributed by atoms with van der Waals surface area (Å²) in [4.78, 5) is 61.4. The van der Waals surface area contributed by atoms with Gasteiger partial charge < -0.3 is 30.0 Å². The molecule has 6 rings (SSSR count). The van der Waals surface area contributed by atoms with Crippen LogP contribution in [-0.2, 0) is 16.1 Å². The molecule has 0 aromatic carbocycles. The zero-order chi connectivity index (χ0) is 30.1. The molecule has 15 heteroatoms. The number of nitrogens with zero attached hydrogens (tertiary/aromatic N) is 5. The second-order valence-electron chi connectivity index (χ2n) is 10.5. The van der Waals surface area contributed by atoms with Gasteiger partial charge in [-0.15, -0.1) is 0 Å². The molecule has 3 aliphatic rings. The third-order valence-electron chi connectivity index (χ3n) is 8.04. The molecule has 3 aromatic rings. The lowest BCUT2D eigenvalue weighted by Gasteiger charge is -2.39. The number of methoxy groups -OCH3 is 1. The van der Waals surface area contributed by atoms with E-state index in [2.05, 4.69) is 25.5 Å². The molecule has 0 spiro atoms. The number of fused-ring (bicyclic) bond motifs is 3. The van der Waals surface area contributed by atoms with Crippen LogP contribution in [0.15, 0.2) is 41.2 Å². The van der Waals surface area contributed by atoms with Crippen LogP contribution >= 0.6 is 0 Å². The highest BCUT2D eigenvalue weighted by molar-refractivity contribution is 5.95. The van der Waals surface area contributed by atoms with Crippen LogP contribution in [0.4, 0.5) is 21.2 Å². The molecule has 0 bridgehead atoms. The van der Waals surface area contributed by atoms with Crippen molar-refractivity contribution < 1.29 is 33.7 Å². The Morgan fingerprint density at radius 2 is 1.98 bits per heavy atom. The van der Waals surface area contributed by atoms with E-state index in [0.717, 1.165) is 5.39 Å². The lowest BCUT2D eigenvalue weighted by atomic mass is 9.87. The van der Waals surface area contributed by atoms with Crippen LogP contribution in [0, 0.1) is 0 Å². The van der Waals surface area contributed by atoms with Gasteiger partial charge in [0, 0.05) is 56.2 Å². The van der Waals surface area contributed by atoms with Crippen molar-refractivity contribution in [2.75, 3.05) is 43.6 Å². The number of hydrogen-bond donors (Lipinski definition) is 3. The third-order valence-corrected chi connectivity index (χ3v) is 8.04. The summed E-state index contributed by atoms with van der Waals surface area (Å²) >= 11 is 0. The maximum absolute atomic E-state index is 13.0. The molecule has 3 amide bonds. The molecule has 2 aliphatic heterocycles. The SMILES string of the molecule is COc1ccc2ccc(=O)n(CCN(CCNC(=O)O)[C@H]3CC[C@H]4[C@@H](C3)OC(=O)N4c3ccc4c(n3)NC(=O)CO4)c2n1. The van der Waals surface area contributed by atoms with E-state index in [9.17, 15) is 19.2 Å². The topological polar surface area (TPSA) is 177 Å². The summed E-state index contributed by atoms with van der Waals surface area (Å²) in [6, 6.07) is 9.82. The fourth-order valence-corrected chi connectivity index (χ4v) is 6.00. The number of carbonyl (C=O) groups excluding carboxylic acids is 2. The predicted molar refractivity (Wildman–Crippen MR) is 153 cm³/mol. The van der Waals surface area contributed by atoms with E-state index in [4.69, 9.17) is 19.3 Å². The summed E-state index contributed by atoms with van der Waals surface area (Å²) in [6.07, 6.45) is -0.240. The molecule has 2 fully saturated rings. The normalized spacial score (nSPS) is 21.1. The monoisotopic (exact) mass is 593 g/mol. The molecule has 1 aliphatic carbocycles. The highest BCUT2D eigenvalue weighted by atomic mass is 16.6. The number of carbonyl (C=O) groups is 3. The van der Waals surface area contributed by atoms with E-state index >= 15 is 0 Å². The first kappa shape index (κ1) is 28.2. The van der Waals surface area contributed by atoms with E-state index in [1.165, 1.54) is 18.1 Å². The second-order valence-corrected chi connectivity index (χ2v) is 10.5. The molecule has 5 heterocycles. The first-order valence-electron chi connectivity index (χ1n) is 14.0. The van der Waals surface area contributed by atoms with Crippen LogP contribution in [-0.4, -0.2) is 94.2 Å². The van der Waals surface area contributed by atoms with Crippen LogP contribution in [0.3, 0.4) is 0 Å². The molecule has 15 nitrogen and oxygen atoms in total. The summed E-state index contributed by atoms with van der Waals surface area (Å²) in [6.45, 7) is 1.24. The molecule has 3 N–H and O–H groups in total. The fraction of sp³-hybridized carbons (Fsp3) is 0.429. The highest BCUT2D eigenvalue weighted by Crippen LogP contribution is 2.38. The fourth-order valence-electron chi connectivity index (χ4n) is 6.00. The van der Waals surface area contributed by atoms with Crippen molar-refractivity contribution in [1.29, 1.82) is 0 Å². The van der Waals surface area contributed by atoms with Gasteiger partial charge >= 0.3 is 12.2 Å². The van der Waals surface area contributed by atoms with Crippen LogP contribution in [0.25, 0.3) is 11.0 Å². The predicted octanol–water partition coefficient (Wildman–Crippen LogP) is 1.65. The van der Waals surface area contributed by atoms with Gasteiger partial charge in [0.25, 0.3) is 11.5 Å². The van der Waals surface area contributed by atoms with Crippen molar-refractivity contribution >= 4 is 40.8 Å². The Morgan fingerprint density at radius 3 is 2.79 bits per heavy atom. The Kier molecular flexibility index (Phi) is 7.71. The maximum atomic E-state index is 13.0. The smallest absolute Gasteiger partial charge is 0.416 e. The van der Waals surface area contributed by atoms with Gasteiger partial charge in [-0.3, -0.25) is 24.0 Å². The Balaban J connectivity index is 1.19. The Labute approximate surface area is 245 Å². The maximum Gasteiger partial charge on any atom is 0.416 e. The first-order chi connectivity index (χ1) is 20.8. The highest BCUT2D eigenvalue weighted by Gasteiger charge is 2.47. The van der Waals surface area contributed by atoms with Gasteiger partial charge in [-0.05, 0) is 37.1 Å². The van der Waals surface area contributed by atoms with Gasteiger partial charge in [-0.25, -0.2) is 14.6 Å². The molecule has 226 valence electrons. The average Bonchev–Trinajstić information content (AvgIpc) is 3.33. The largest absolute Gasteiger partial charge is 0.481 e. The van der Waals surface area contributed by atoms with Crippen LogP contribution < -0.4 is 30.6 Å². The number of amides is 3. The van der Waals surface area contributed by atoms with E-state index in [0.29, 0.717) is 62.0 Å². The lowest BCUT2D eigenvalue weighted by Crippen LogP contribution is -2.50. The van der Waals surface area contributed by atoms with Crippen molar-refractivity contribution in [2.45, 2.75) is 44.0 Å². The van der Waals surface area contributed by atoms with Crippen molar-refractivity contribution in [3.63, 3.8) is 0 Å². The summed E-state index contributed by atoms with van der Waals surface area (Å²) < 4.78 is 18.0. The molecular weight excluding hydrogens is 562 g/mol. The first-order valence-corrected chi connectivity index (χ1v) is 14.0. The Bertz CT molecular complexity index is 1630. The molecule has 1 saturated heterocycles. The van der Waals surface area contributed by atoms with Gasteiger partial charge in [-0.2, -0.15) is 4.98 Å². The number of hydrogen-bond acceptors (Lipinski definition) is 10. The molecular formula is C28H31N7O8. The third kappa shape index (κ3) is 5.75. The Hall–Kier alpha value is -4.92. The van der Waals surface area contributed by atoms with Crippen molar-refractivity contribution in [2.24, 2.45) is 0 Å². The number of nitrogens with one attached hydrogen (secondary N) is 2. The second kappa shape index (κ2) is 11.8. The number of rotatable bonds is 9. The summed E-state index contributed by atoms with van der Waals surface area (Å²) in [7, 11) is 1.51. The van der Waals surface area contributed by atoms with Crippen LogP contribution in [0.2, 0.25) is 0 Å². The van der Waals surface area contributed by atoms with Gasteiger partial charge in [0.15, 0.2) is 18.2 Å². The van der Waals surface area contributed by atoms with Gasteiger partial charge in [0.05, 0.1) is 13.2 Å². The van der Waals surface area contributed by atoms with E-state index < -0.39 is 18.3 Å².